The van der Waals surface area contributed by atoms with Crippen molar-refractivity contribution < 1.29 is 10.2 Å². The summed E-state index contributed by atoms with van der Waals surface area (Å²) in [4.78, 5) is 3.82. The van der Waals surface area contributed by atoms with E-state index in [1.807, 2.05) is 0 Å². The van der Waals surface area contributed by atoms with Gasteiger partial charge in [-0.1, -0.05) is 0 Å². The van der Waals surface area contributed by atoms with E-state index >= 15 is 0 Å². The monoisotopic (exact) mass is 203 g/mol. The maximum Gasteiger partial charge on any atom is 0.178 e. The number of aliphatic hydroxyl groups excluding tert-OH is 1. The normalized spacial score (nSPS) is 10.4. The Morgan fingerprint density at radius 2 is 2.20 bits per heavy atom. The van der Waals surface area contributed by atoms with Crippen molar-refractivity contribution in [2.75, 3.05) is 0 Å². The molecule has 0 radical (unpaired) electrons. The highest BCUT2D eigenvalue weighted by molar-refractivity contribution is 9.10. The average molecular weight is 204 g/mol. The molecule has 1 aromatic heterocycles. The lowest BCUT2D eigenvalue weighted by molar-refractivity contribution is -0.0425. The van der Waals surface area contributed by atoms with E-state index in [0.29, 0.717) is 10.2 Å². The maximum absolute atomic E-state index is 8.66. The summed E-state index contributed by atoms with van der Waals surface area (Å²) < 4.78 is 0.595. The number of aromatic nitrogens is 1. The van der Waals surface area contributed by atoms with Gasteiger partial charge in [0.15, 0.2) is 6.29 Å². The van der Waals surface area contributed by atoms with Gasteiger partial charge in [0.25, 0.3) is 0 Å². The molecule has 1 aromatic rings. The zero-order valence-corrected chi connectivity index (χ0v) is 6.62. The molecule has 54 valence electrons. The number of nitrogens with zero attached hydrogens (tertiary/aromatic N) is 1. The molecule has 10 heavy (non-hydrogen) atoms. The van der Waals surface area contributed by atoms with Gasteiger partial charge >= 0.3 is 0 Å². The van der Waals surface area contributed by atoms with Crippen LogP contribution < -0.4 is 0 Å². The van der Waals surface area contributed by atoms with Gasteiger partial charge in [0, 0.05) is 11.8 Å². The second-order valence-corrected chi connectivity index (χ2v) is 2.60. The standard InChI is InChI=1S/C6H6BrNO2/c7-5-3-4(6(9)10)1-2-8-5/h1-3,6,9-10H. The van der Waals surface area contributed by atoms with Gasteiger partial charge in [0.1, 0.15) is 4.60 Å². The first kappa shape index (κ1) is 7.65. The molecule has 0 amide bonds. The molecule has 0 aliphatic carbocycles. The first-order valence-corrected chi connectivity index (χ1v) is 3.47. The third-order valence-corrected chi connectivity index (χ3v) is 1.48. The molecule has 0 aliphatic heterocycles. The van der Waals surface area contributed by atoms with Gasteiger partial charge < -0.3 is 10.2 Å². The van der Waals surface area contributed by atoms with Crippen molar-refractivity contribution in [2.45, 2.75) is 6.29 Å². The largest absolute Gasteiger partial charge is 0.364 e. The summed E-state index contributed by atoms with van der Waals surface area (Å²) in [6.45, 7) is 0. The van der Waals surface area contributed by atoms with Crippen molar-refractivity contribution in [1.29, 1.82) is 0 Å². The van der Waals surface area contributed by atoms with Crippen molar-refractivity contribution in [2.24, 2.45) is 0 Å². The van der Waals surface area contributed by atoms with Crippen LogP contribution in [0.3, 0.4) is 0 Å². The minimum atomic E-state index is -1.42. The van der Waals surface area contributed by atoms with Crippen LogP contribution in [0.15, 0.2) is 22.9 Å². The second kappa shape index (κ2) is 3.09. The Morgan fingerprint density at radius 3 is 2.60 bits per heavy atom. The molecule has 0 bridgehead atoms. The number of pyridine rings is 1. The van der Waals surface area contributed by atoms with E-state index in [2.05, 4.69) is 20.9 Å². The van der Waals surface area contributed by atoms with E-state index in [1.54, 1.807) is 6.07 Å². The Balaban J connectivity index is 2.96. The highest BCUT2D eigenvalue weighted by atomic mass is 79.9. The van der Waals surface area contributed by atoms with Gasteiger partial charge in [-0.15, -0.1) is 0 Å². The lowest BCUT2D eigenvalue weighted by Crippen LogP contribution is -1.94. The fourth-order valence-corrected chi connectivity index (χ4v) is 0.961. The van der Waals surface area contributed by atoms with Crippen LogP contribution >= 0.6 is 15.9 Å². The molecule has 0 saturated heterocycles. The van der Waals surface area contributed by atoms with E-state index in [-0.39, 0.29) is 0 Å². The van der Waals surface area contributed by atoms with Gasteiger partial charge in [-0.05, 0) is 28.1 Å². The molecule has 0 aromatic carbocycles. The van der Waals surface area contributed by atoms with Crippen molar-refractivity contribution in [3.8, 4) is 0 Å². The van der Waals surface area contributed by atoms with Crippen LogP contribution in [0.25, 0.3) is 0 Å². The Labute approximate surface area is 66.5 Å². The average Bonchev–Trinajstić information content (AvgIpc) is 1.88. The molecule has 0 fully saturated rings. The lowest BCUT2D eigenvalue weighted by atomic mass is 10.3. The Kier molecular flexibility index (Phi) is 2.37. The first-order valence-electron chi connectivity index (χ1n) is 2.68. The first-order chi connectivity index (χ1) is 4.70. The van der Waals surface area contributed by atoms with E-state index in [0.717, 1.165) is 0 Å². The van der Waals surface area contributed by atoms with E-state index in [9.17, 15) is 0 Å². The zero-order valence-electron chi connectivity index (χ0n) is 5.03. The van der Waals surface area contributed by atoms with Crippen LogP contribution in [-0.2, 0) is 0 Å². The van der Waals surface area contributed by atoms with E-state index < -0.39 is 6.29 Å². The molecule has 0 unspecified atom stereocenters. The summed E-state index contributed by atoms with van der Waals surface area (Å²) in [5, 5.41) is 17.3. The van der Waals surface area contributed by atoms with Crippen LogP contribution in [0.4, 0.5) is 0 Å². The molecular formula is C6H6BrNO2. The van der Waals surface area contributed by atoms with Crippen LogP contribution in [0.2, 0.25) is 0 Å². The molecule has 4 heteroatoms. The number of hydrogen-bond donors (Lipinski definition) is 2. The quantitative estimate of drug-likeness (QED) is 0.526. The molecule has 1 rings (SSSR count). The van der Waals surface area contributed by atoms with Crippen LogP contribution in [0, 0.1) is 0 Å². The van der Waals surface area contributed by atoms with Crippen molar-refractivity contribution in [1.82, 2.24) is 4.98 Å². The Morgan fingerprint density at radius 1 is 1.50 bits per heavy atom. The maximum atomic E-state index is 8.66. The predicted molar refractivity (Wildman–Crippen MR) is 39.1 cm³/mol. The van der Waals surface area contributed by atoms with Crippen LogP contribution in [0.5, 0.6) is 0 Å². The summed E-state index contributed by atoms with van der Waals surface area (Å²) in [5.41, 5.74) is 0.432. The minimum Gasteiger partial charge on any atom is -0.364 e. The highest BCUT2D eigenvalue weighted by Gasteiger charge is 2.01. The summed E-state index contributed by atoms with van der Waals surface area (Å²) >= 11 is 3.10. The molecule has 0 spiro atoms. The van der Waals surface area contributed by atoms with Crippen molar-refractivity contribution in [3.63, 3.8) is 0 Å². The van der Waals surface area contributed by atoms with E-state index in [4.69, 9.17) is 10.2 Å². The highest BCUT2D eigenvalue weighted by Crippen LogP contribution is 2.12. The number of aliphatic hydroxyl groups is 2. The minimum absolute atomic E-state index is 0.432. The predicted octanol–water partition coefficient (Wildman–Crippen LogP) is 0.827. The molecule has 3 nitrogen and oxygen atoms in total. The molecular weight excluding hydrogens is 198 g/mol. The molecule has 0 atom stereocenters. The fourth-order valence-electron chi connectivity index (χ4n) is 0.578. The summed E-state index contributed by atoms with van der Waals surface area (Å²) in [6, 6.07) is 3.08. The van der Waals surface area contributed by atoms with Gasteiger partial charge in [0.2, 0.25) is 0 Å². The molecule has 1 heterocycles. The van der Waals surface area contributed by atoms with Gasteiger partial charge in [-0.2, -0.15) is 0 Å². The third-order valence-electron chi connectivity index (χ3n) is 1.05. The summed E-state index contributed by atoms with van der Waals surface area (Å²) in [5.74, 6) is 0. The fraction of sp³-hybridized carbons (Fsp3) is 0.167. The van der Waals surface area contributed by atoms with Crippen molar-refractivity contribution >= 4 is 15.9 Å². The second-order valence-electron chi connectivity index (χ2n) is 1.79. The van der Waals surface area contributed by atoms with Gasteiger partial charge in [0.05, 0.1) is 0 Å². The number of rotatable bonds is 1. The molecule has 0 saturated carbocycles. The number of hydrogen-bond acceptors (Lipinski definition) is 3. The lowest BCUT2D eigenvalue weighted by Gasteiger charge is -2.01. The van der Waals surface area contributed by atoms with E-state index in [1.165, 1.54) is 12.3 Å². The van der Waals surface area contributed by atoms with Gasteiger partial charge in [-0.25, -0.2) is 4.98 Å². The third kappa shape index (κ3) is 1.76. The van der Waals surface area contributed by atoms with Crippen LogP contribution in [-0.4, -0.2) is 15.2 Å². The summed E-state index contributed by atoms with van der Waals surface area (Å²) in [6.07, 6.45) is 0.0816. The smallest absolute Gasteiger partial charge is 0.178 e. The molecule has 2 N–H and O–H groups in total. The molecule has 0 aliphatic rings. The Hall–Kier alpha value is -0.450. The topological polar surface area (TPSA) is 53.4 Å². The van der Waals surface area contributed by atoms with Crippen molar-refractivity contribution in [3.05, 3.63) is 28.5 Å². The number of halogens is 1. The zero-order chi connectivity index (χ0) is 7.56. The Bertz CT molecular complexity index is 227. The SMILES string of the molecule is OC(O)c1ccnc(Br)c1. The van der Waals surface area contributed by atoms with Crippen LogP contribution in [0.1, 0.15) is 11.9 Å². The summed E-state index contributed by atoms with van der Waals surface area (Å²) in [7, 11) is 0. The van der Waals surface area contributed by atoms with Gasteiger partial charge in [-0.3, -0.25) is 0 Å².